The Hall–Kier alpha value is -2.78. The Morgan fingerprint density at radius 1 is 1.00 bits per heavy atom. The van der Waals surface area contributed by atoms with Crippen LogP contribution in [0.1, 0.15) is 12.8 Å². The number of hydrogen-bond donors (Lipinski definition) is 2. The van der Waals surface area contributed by atoms with Crippen molar-refractivity contribution in [1.82, 2.24) is 9.62 Å². The molecule has 0 radical (unpaired) electrons. The molecule has 158 valence electrons. The molecule has 2 fully saturated rings. The maximum atomic E-state index is 12.9. The summed E-state index contributed by atoms with van der Waals surface area (Å²) >= 11 is 0. The van der Waals surface area contributed by atoms with Crippen molar-refractivity contribution in [2.75, 3.05) is 25.1 Å². The molecule has 0 aromatic heterocycles. The summed E-state index contributed by atoms with van der Waals surface area (Å²) in [6.45, 7) is 1.62. The van der Waals surface area contributed by atoms with Crippen LogP contribution in [0.4, 0.5) is 10.5 Å². The average Bonchev–Trinajstić information content (AvgIpc) is 3.34. The molecular formula is C21H23N3O5S. The van der Waals surface area contributed by atoms with Crippen LogP contribution in [0.25, 0.3) is 0 Å². The minimum atomic E-state index is -3.62. The molecule has 2 aliphatic heterocycles. The number of nitrogens with zero attached hydrogens (tertiary/aromatic N) is 1. The fourth-order valence-corrected chi connectivity index (χ4v) is 5.87. The molecule has 2 heterocycles. The lowest BCUT2D eigenvalue weighted by atomic mass is 10.1. The fourth-order valence-electron chi connectivity index (χ4n) is 4.57. The van der Waals surface area contributed by atoms with Gasteiger partial charge in [-0.3, -0.25) is 0 Å². The number of carbonyl (C=O) groups is 1. The van der Waals surface area contributed by atoms with Crippen molar-refractivity contribution in [3.05, 3.63) is 48.5 Å². The van der Waals surface area contributed by atoms with Crippen molar-refractivity contribution in [1.29, 1.82) is 0 Å². The van der Waals surface area contributed by atoms with E-state index in [9.17, 15) is 13.2 Å². The van der Waals surface area contributed by atoms with E-state index in [1.54, 1.807) is 53.4 Å². The number of anilines is 1. The number of nitrogens with one attached hydrogen (secondary N) is 2. The Morgan fingerprint density at radius 3 is 2.53 bits per heavy atom. The summed E-state index contributed by atoms with van der Waals surface area (Å²) in [5, 5.41) is 2.91. The van der Waals surface area contributed by atoms with Gasteiger partial charge in [-0.25, -0.2) is 17.9 Å². The zero-order valence-electron chi connectivity index (χ0n) is 16.3. The quantitative estimate of drug-likeness (QED) is 0.778. The summed E-state index contributed by atoms with van der Waals surface area (Å²) in [5.41, 5.74) is 0.619. The second-order valence-corrected chi connectivity index (χ2v) is 9.60. The molecule has 1 aliphatic carbocycles. The van der Waals surface area contributed by atoms with Crippen molar-refractivity contribution in [2.45, 2.75) is 29.8 Å². The third-order valence-electron chi connectivity index (χ3n) is 5.90. The van der Waals surface area contributed by atoms with Gasteiger partial charge in [0.2, 0.25) is 10.0 Å². The average molecular weight is 429 g/mol. The van der Waals surface area contributed by atoms with Gasteiger partial charge in [0.05, 0.1) is 10.9 Å². The van der Waals surface area contributed by atoms with E-state index in [-0.39, 0.29) is 23.0 Å². The highest BCUT2D eigenvalue weighted by Crippen LogP contribution is 2.39. The van der Waals surface area contributed by atoms with Gasteiger partial charge in [-0.2, -0.15) is 0 Å². The monoisotopic (exact) mass is 429 g/mol. The summed E-state index contributed by atoms with van der Waals surface area (Å²) in [6, 6.07) is 12.9. The standard InChI is InChI=1S/C21H23N3O5S/c25-21(22-15-6-7-19-20(12-15)29-9-8-28-19)24-13-14-10-17(18(24)11-14)23-30(26,27)16-4-2-1-3-5-16/h1-7,12,14,17-18,23H,8-11,13H2,(H,22,25). The van der Waals surface area contributed by atoms with Gasteiger partial charge < -0.3 is 19.7 Å². The molecule has 0 spiro atoms. The molecule has 3 aliphatic rings. The van der Waals surface area contributed by atoms with Crippen molar-refractivity contribution < 1.29 is 22.7 Å². The first-order chi connectivity index (χ1) is 14.5. The van der Waals surface area contributed by atoms with Crippen molar-refractivity contribution in [3.8, 4) is 11.5 Å². The number of hydrogen-bond acceptors (Lipinski definition) is 5. The maximum Gasteiger partial charge on any atom is 0.322 e. The third-order valence-corrected chi connectivity index (χ3v) is 7.40. The van der Waals surface area contributed by atoms with E-state index in [0.717, 1.165) is 12.8 Å². The van der Waals surface area contributed by atoms with Gasteiger partial charge in [-0.1, -0.05) is 18.2 Å². The van der Waals surface area contributed by atoms with Gasteiger partial charge >= 0.3 is 6.03 Å². The maximum absolute atomic E-state index is 12.9. The molecule has 9 heteroatoms. The number of likely N-dealkylation sites (tertiary alicyclic amines) is 1. The first kappa shape index (κ1) is 19.2. The molecule has 30 heavy (non-hydrogen) atoms. The summed E-state index contributed by atoms with van der Waals surface area (Å²) in [7, 11) is -3.62. The second-order valence-electron chi connectivity index (χ2n) is 7.89. The Balaban J connectivity index is 1.28. The Kier molecular flexibility index (Phi) is 4.79. The molecule has 5 rings (SSSR count). The van der Waals surface area contributed by atoms with Gasteiger partial charge in [-0.15, -0.1) is 0 Å². The number of benzene rings is 2. The Bertz CT molecular complexity index is 1060. The van der Waals surface area contributed by atoms with Crippen LogP contribution in [0.5, 0.6) is 11.5 Å². The van der Waals surface area contributed by atoms with Crippen LogP contribution in [0, 0.1) is 5.92 Å². The van der Waals surface area contributed by atoms with Crippen LogP contribution >= 0.6 is 0 Å². The van der Waals surface area contributed by atoms with Crippen LogP contribution in [0.3, 0.4) is 0 Å². The molecule has 1 saturated heterocycles. The van der Waals surface area contributed by atoms with Gasteiger partial charge in [0.15, 0.2) is 11.5 Å². The highest BCUT2D eigenvalue weighted by molar-refractivity contribution is 7.89. The fraction of sp³-hybridized carbons (Fsp3) is 0.381. The number of rotatable bonds is 4. The predicted octanol–water partition coefficient (Wildman–Crippen LogP) is 2.43. The van der Waals surface area contributed by atoms with Crippen LogP contribution in [0.2, 0.25) is 0 Å². The number of piperidine rings is 1. The largest absolute Gasteiger partial charge is 0.486 e. The SMILES string of the molecule is O=C(Nc1ccc2c(c1)OCCO2)N1CC2CC(NS(=O)(=O)c3ccccc3)C1C2. The predicted molar refractivity (Wildman–Crippen MR) is 110 cm³/mol. The van der Waals surface area contributed by atoms with Crippen molar-refractivity contribution >= 4 is 21.7 Å². The smallest absolute Gasteiger partial charge is 0.322 e. The van der Waals surface area contributed by atoms with Gasteiger partial charge in [0.1, 0.15) is 13.2 Å². The minimum absolute atomic E-state index is 0.161. The van der Waals surface area contributed by atoms with Gasteiger partial charge in [-0.05, 0) is 43.0 Å². The zero-order valence-corrected chi connectivity index (χ0v) is 17.1. The molecular weight excluding hydrogens is 406 g/mol. The Labute approximate surface area is 175 Å². The second kappa shape index (κ2) is 7.48. The molecule has 2 aromatic carbocycles. The highest BCUT2D eigenvalue weighted by atomic mass is 32.2. The summed E-state index contributed by atoms with van der Waals surface area (Å²) in [5.74, 6) is 1.56. The van der Waals surface area contributed by atoms with E-state index in [4.69, 9.17) is 9.47 Å². The molecule has 2 N–H and O–H groups in total. The highest BCUT2D eigenvalue weighted by Gasteiger charge is 2.48. The zero-order chi connectivity index (χ0) is 20.7. The first-order valence-electron chi connectivity index (χ1n) is 10.0. The lowest BCUT2D eigenvalue weighted by Gasteiger charge is -2.33. The van der Waals surface area contributed by atoms with Crippen LogP contribution in [0.15, 0.2) is 53.4 Å². The number of ether oxygens (including phenoxy) is 2. The number of carbonyl (C=O) groups excluding carboxylic acids is 1. The van der Waals surface area contributed by atoms with E-state index in [2.05, 4.69) is 10.0 Å². The molecule has 2 bridgehead atoms. The van der Waals surface area contributed by atoms with Crippen molar-refractivity contribution in [3.63, 3.8) is 0 Å². The minimum Gasteiger partial charge on any atom is -0.486 e. The molecule has 2 amide bonds. The van der Waals surface area contributed by atoms with E-state index >= 15 is 0 Å². The van der Waals surface area contributed by atoms with Crippen LogP contribution in [-0.2, 0) is 10.0 Å². The summed E-state index contributed by atoms with van der Waals surface area (Å²) in [6.07, 6.45) is 1.54. The third kappa shape index (κ3) is 3.59. The molecule has 1 saturated carbocycles. The normalized spacial score (nSPS) is 24.7. The summed E-state index contributed by atoms with van der Waals surface area (Å²) < 4.78 is 39.3. The molecule has 3 atom stereocenters. The van der Waals surface area contributed by atoms with E-state index < -0.39 is 10.0 Å². The van der Waals surface area contributed by atoms with Gasteiger partial charge in [0, 0.05) is 24.3 Å². The van der Waals surface area contributed by atoms with E-state index in [0.29, 0.717) is 42.9 Å². The van der Waals surface area contributed by atoms with Gasteiger partial charge in [0.25, 0.3) is 0 Å². The topological polar surface area (TPSA) is 97.0 Å². The van der Waals surface area contributed by atoms with Crippen LogP contribution < -0.4 is 19.5 Å². The summed E-state index contributed by atoms with van der Waals surface area (Å²) in [4.78, 5) is 14.9. The first-order valence-corrected chi connectivity index (χ1v) is 11.5. The lowest BCUT2D eigenvalue weighted by molar-refractivity contribution is 0.171. The number of amides is 2. The molecule has 8 nitrogen and oxygen atoms in total. The number of sulfonamides is 1. The molecule has 2 aromatic rings. The number of urea groups is 1. The van der Waals surface area contributed by atoms with E-state index in [1.807, 2.05) is 0 Å². The Morgan fingerprint density at radius 2 is 1.77 bits per heavy atom. The van der Waals surface area contributed by atoms with Crippen LogP contribution in [-0.4, -0.2) is 51.2 Å². The van der Waals surface area contributed by atoms with Crippen molar-refractivity contribution in [2.24, 2.45) is 5.92 Å². The number of fused-ring (bicyclic) bond motifs is 3. The van der Waals surface area contributed by atoms with E-state index in [1.165, 1.54) is 0 Å². The lowest BCUT2D eigenvalue weighted by Crippen LogP contribution is -2.52. The molecule has 3 unspecified atom stereocenters.